The molecule has 1 aliphatic carbocycles. The van der Waals surface area contributed by atoms with Crippen molar-refractivity contribution in [3.05, 3.63) is 108 Å². The summed E-state index contributed by atoms with van der Waals surface area (Å²) < 4.78 is 19.8. The summed E-state index contributed by atoms with van der Waals surface area (Å²) in [6.45, 7) is 0. The monoisotopic (exact) mass is 425 g/mol. The predicted molar refractivity (Wildman–Crippen MR) is 121 cm³/mol. The van der Waals surface area contributed by atoms with Crippen LogP contribution in [0.4, 0.5) is 4.39 Å². The van der Waals surface area contributed by atoms with Crippen LogP contribution in [0.25, 0.3) is 22.2 Å². The Bertz CT molecular complexity index is 1370. The maximum atomic E-state index is 13.8. The SMILES string of the molecule is NC(=O)C1(c2cccc3c(-c4cccc(F)c4)[nH]nc23)C=CC=C(Oc2ccccc2)C1. The zero-order valence-corrected chi connectivity index (χ0v) is 17.1. The van der Waals surface area contributed by atoms with Gasteiger partial charge in [0.1, 0.15) is 22.7 Å². The number of allylic oxidation sites excluding steroid dienone is 3. The first-order valence-corrected chi connectivity index (χ1v) is 10.2. The molecule has 0 saturated heterocycles. The number of nitrogens with two attached hydrogens (primary N) is 1. The van der Waals surface area contributed by atoms with Gasteiger partial charge >= 0.3 is 0 Å². The summed E-state index contributed by atoms with van der Waals surface area (Å²) in [5, 5.41) is 8.27. The fraction of sp³-hybridized carbons (Fsp3) is 0.0769. The molecular formula is C26H20FN3O2. The molecule has 1 aliphatic rings. The number of H-pyrrole nitrogens is 1. The van der Waals surface area contributed by atoms with Crippen molar-refractivity contribution in [3.63, 3.8) is 0 Å². The van der Waals surface area contributed by atoms with Crippen LogP contribution in [0.3, 0.4) is 0 Å². The van der Waals surface area contributed by atoms with E-state index in [4.69, 9.17) is 10.5 Å². The lowest BCUT2D eigenvalue weighted by Gasteiger charge is -2.31. The van der Waals surface area contributed by atoms with Gasteiger partial charge in [0.05, 0.1) is 11.2 Å². The molecule has 1 atom stereocenters. The van der Waals surface area contributed by atoms with Gasteiger partial charge in [-0.15, -0.1) is 0 Å². The first-order chi connectivity index (χ1) is 15.6. The molecule has 6 heteroatoms. The van der Waals surface area contributed by atoms with Crippen molar-refractivity contribution < 1.29 is 13.9 Å². The molecule has 0 radical (unpaired) electrons. The van der Waals surface area contributed by atoms with E-state index in [1.54, 1.807) is 18.2 Å². The number of benzene rings is 3. The fourth-order valence-electron chi connectivity index (χ4n) is 4.17. The number of aromatic nitrogens is 2. The van der Waals surface area contributed by atoms with E-state index in [1.807, 2.05) is 60.7 Å². The van der Waals surface area contributed by atoms with Crippen molar-refractivity contribution in [3.8, 4) is 17.0 Å². The third-order valence-corrected chi connectivity index (χ3v) is 5.73. The zero-order chi connectivity index (χ0) is 22.1. The van der Waals surface area contributed by atoms with Crippen LogP contribution < -0.4 is 10.5 Å². The summed E-state index contributed by atoms with van der Waals surface area (Å²) in [7, 11) is 0. The van der Waals surface area contributed by atoms with Crippen molar-refractivity contribution in [1.29, 1.82) is 0 Å². The highest BCUT2D eigenvalue weighted by molar-refractivity contribution is 6.00. The first kappa shape index (κ1) is 19.8. The van der Waals surface area contributed by atoms with Crippen LogP contribution in [0.15, 0.2) is 96.8 Å². The van der Waals surface area contributed by atoms with Gasteiger partial charge in [-0.2, -0.15) is 5.10 Å². The lowest BCUT2D eigenvalue weighted by Crippen LogP contribution is -2.41. The summed E-state index contributed by atoms with van der Waals surface area (Å²) in [4.78, 5) is 12.8. The Morgan fingerprint density at radius 1 is 1.06 bits per heavy atom. The minimum absolute atomic E-state index is 0.259. The molecule has 1 amide bonds. The third kappa shape index (κ3) is 3.36. The number of para-hydroxylation sites is 2. The van der Waals surface area contributed by atoms with Gasteiger partial charge in [-0.05, 0) is 30.3 Å². The fourth-order valence-corrected chi connectivity index (χ4v) is 4.17. The van der Waals surface area contributed by atoms with Crippen LogP contribution >= 0.6 is 0 Å². The molecule has 0 fully saturated rings. The Hall–Kier alpha value is -4.19. The Morgan fingerprint density at radius 2 is 1.88 bits per heavy atom. The molecule has 158 valence electrons. The second-order valence-electron chi connectivity index (χ2n) is 7.73. The number of carbonyl (C=O) groups excluding carboxylic acids is 1. The molecule has 1 unspecified atom stereocenters. The second-order valence-corrected chi connectivity index (χ2v) is 7.73. The van der Waals surface area contributed by atoms with Crippen LogP contribution in [0.5, 0.6) is 5.75 Å². The van der Waals surface area contributed by atoms with E-state index in [2.05, 4.69) is 10.2 Å². The van der Waals surface area contributed by atoms with Crippen LogP contribution in [0, 0.1) is 5.82 Å². The molecular weight excluding hydrogens is 405 g/mol. The number of hydrogen-bond acceptors (Lipinski definition) is 3. The van der Waals surface area contributed by atoms with Gasteiger partial charge in [-0.1, -0.05) is 60.7 Å². The van der Waals surface area contributed by atoms with Crippen LogP contribution in [-0.4, -0.2) is 16.1 Å². The van der Waals surface area contributed by atoms with E-state index >= 15 is 0 Å². The highest BCUT2D eigenvalue weighted by atomic mass is 19.1. The number of primary amides is 1. The Morgan fingerprint density at radius 3 is 2.66 bits per heavy atom. The van der Waals surface area contributed by atoms with Gasteiger partial charge in [0.15, 0.2) is 0 Å². The summed E-state index contributed by atoms with van der Waals surface area (Å²) in [6.07, 6.45) is 5.66. The van der Waals surface area contributed by atoms with Crippen molar-refractivity contribution in [2.75, 3.05) is 0 Å². The number of halogens is 1. The van der Waals surface area contributed by atoms with Gasteiger partial charge in [-0.25, -0.2) is 4.39 Å². The molecule has 0 spiro atoms. The van der Waals surface area contributed by atoms with E-state index in [1.165, 1.54) is 12.1 Å². The normalized spacial score (nSPS) is 17.8. The maximum Gasteiger partial charge on any atom is 0.232 e. The second kappa shape index (κ2) is 7.81. The van der Waals surface area contributed by atoms with E-state index in [9.17, 15) is 9.18 Å². The van der Waals surface area contributed by atoms with Gasteiger partial charge < -0.3 is 10.5 Å². The molecule has 5 rings (SSSR count). The summed E-state index contributed by atoms with van der Waals surface area (Å²) in [6, 6.07) is 21.3. The Labute approximate surface area is 184 Å². The number of fused-ring (bicyclic) bond motifs is 1. The molecule has 0 aliphatic heterocycles. The lowest BCUT2D eigenvalue weighted by molar-refractivity contribution is -0.122. The molecule has 0 saturated carbocycles. The van der Waals surface area contributed by atoms with Crippen molar-refractivity contribution in [2.45, 2.75) is 11.8 Å². The van der Waals surface area contributed by atoms with Crippen LogP contribution in [0.1, 0.15) is 12.0 Å². The van der Waals surface area contributed by atoms with Crippen LogP contribution in [-0.2, 0) is 10.2 Å². The smallest absolute Gasteiger partial charge is 0.232 e. The quantitative estimate of drug-likeness (QED) is 0.471. The Kier molecular flexibility index (Phi) is 4.82. The number of carbonyl (C=O) groups is 1. The number of aromatic amines is 1. The molecule has 4 aromatic rings. The van der Waals surface area contributed by atoms with E-state index in [-0.39, 0.29) is 12.2 Å². The minimum atomic E-state index is -1.13. The first-order valence-electron chi connectivity index (χ1n) is 10.2. The third-order valence-electron chi connectivity index (χ3n) is 5.73. The van der Waals surface area contributed by atoms with Crippen molar-refractivity contribution >= 4 is 16.8 Å². The molecule has 1 aromatic heterocycles. The van der Waals surface area contributed by atoms with Gasteiger partial charge in [0, 0.05) is 22.9 Å². The average molecular weight is 425 g/mol. The molecule has 5 nitrogen and oxygen atoms in total. The molecule has 1 heterocycles. The highest BCUT2D eigenvalue weighted by Gasteiger charge is 2.41. The van der Waals surface area contributed by atoms with E-state index in [0.717, 1.165) is 5.39 Å². The molecule has 3 aromatic carbocycles. The lowest BCUT2D eigenvalue weighted by atomic mass is 9.73. The van der Waals surface area contributed by atoms with Gasteiger partial charge in [-0.3, -0.25) is 9.89 Å². The van der Waals surface area contributed by atoms with E-state index in [0.29, 0.717) is 33.8 Å². The number of hydrogen-bond donors (Lipinski definition) is 2. The average Bonchev–Trinajstić information content (AvgIpc) is 3.24. The largest absolute Gasteiger partial charge is 0.462 e. The van der Waals surface area contributed by atoms with Gasteiger partial charge in [0.2, 0.25) is 5.91 Å². The summed E-state index contributed by atoms with van der Waals surface area (Å²) in [5.41, 5.74) is 7.45. The summed E-state index contributed by atoms with van der Waals surface area (Å²) >= 11 is 0. The van der Waals surface area contributed by atoms with Gasteiger partial charge in [0.25, 0.3) is 0 Å². The molecule has 32 heavy (non-hydrogen) atoms. The van der Waals surface area contributed by atoms with E-state index < -0.39 is 11.3 Å². The maximum absolute atomic E-state index is 13.8. The standard InChI is InChI=1S/C26H20FN3O2/c27-18-8-4-7-17(15-18)23-21-12-5-13-22(24(21)30-29-23)26(25(28)31)14-6-11-20(16-26)32-19-9-2-1-3-10-19/h1-15H,16H2,(H2,28,31)(H,29,30). The number of ether oxygens (including phenoxy) is 1. The molecule has 0 bridgehead atoms. The number of nitrogens with zero attached hydrogens (tertiary/aromatic N) is 1. The minimum Gasteiger partial charge on any atom is -0.462 e. The Balaban J connectivity index is 1.59. The summed E-state index contributed by atoms with van der Waals surface area (Å²) in [5.74, 6) is 0.464. The highest BCUT2D eigenvalue weighted by Crippen LogP contribution is 2.40. The van der Waals surface area contributed by atoms with Crippen molar-refractivity contribution in [1.82, 2.24) is 10.2 Å². The topological polar surface area (TPSA) is 81.0 Å². The molecule has 3 N–H and O–H groups in total. The number of nitrogens with one attached hydrogen (secondary N) is 1. The van der Waals surface area contributed by atoms with Crippen LogP contribution in [0.2, 0.25) is 0 Å². The van der Waals surface area contributed by atoms with Crippen molar-refractivity contribution in [2.24, 2.45) is 5.73 Å². The predicted octanol–water partition coefficient (Wildman–Crippen LogP) is 5.01. The number of amides is 1. The number of rotatable bonds is 5. The zero-order valence-electron chi connectivity index (χ0n) is 17.1.